The van der Waals surface area contributed by atoms with Gasteiger partial charge in [-0.1, -0.05) is 12.1 Å². The van der Waals surface area contributed by atoms with Crippen LogP contribution >= 0.6 is 11.3 Å². The third kappa shape index (κ3) is 2.16. The molecule has 0 radical (unpaired) electrons. The second kappa shape index (κ2) is 4.75. The third-order valence-electron chi connectivity index (χ3n) is 3.78. The van der Waals surface area contributed by atoms with E-state index in [1.165, 1.54) is 17.5 Å². The van der Waals surface area contributed by atoms with Crippen LogP contribution in [0.2, 0.25) is 0 Å². The van der Waals surface area contributed by atoms with E-state index in [1.54, 1.807) is 4.88 Å². The minimum atomic E-state index is 0.432. The minimum Gasteiger partial charge on any atom is -0.399 e. The van der Waals surface area contributed by atoms with Gasteiger partial charge in [0.15, 0.2) is 0 Å². The van der Waals surface area contributed by atoms with Gasteiger partial charge in [0, 0.05) is 29.7 Å². The normalized spacial score (nSPS) is 17.4. The highest BCUT2D eigenvalue weighted by Crippen LogP contribution is 2.30. The summed E-state index contributed by atoms with van der Waals surface area (Å²) in [6, 6.07) is 10.9. The molecule has 2 heterocycles. The van der Waals surface area contributed by atoms with Crippen LogP contribution in [0.3, 0.4) is 0 Å². The van der Waals surface area contributed by atoms with Crippen LogP contribution in [0.1, 0.15) is 29.0 Å². The maximum atomic E-state index is 5.87. The summed E-state index contributed by atoms with van der Waals surface area (Å²) in [6.45, 7) is 4.48. The molecule has 18 heavy (non-hydrogen) atoms. The van der Waals surface area contributed by atoms with E-state index >= 15 is 0 Å². The number of nitrogen functional groups attached to an aromatic ring is 1. The molecule has 0 spiro atoms. The molecule has 2 aromatic rings. The third-order valence-corrected chi connectivity index (χ3v) is 4.80. The Balaban J connectivity index is 1.80. The molecule has 1 aromatic heterocycles. The van der Waals surface area contributed by atoms with Crippen molar-refractivity contribution in [2.24, 2.45) is 0 Å². The van der Waals surface area contributed by atoms with Crippen molar-refractivity contribution in [1.29, 1.82) is 0 Å². The molecule has 0 aliphatic carbocycles. The molecule has 1 aliphatic heterocycles. The van der Waals surface area contributed by atoms with E-state index in [1.807, 2.05) is 23.5 Å². The maximum absolute atomic E-state index is 5.87. The molecule has 3 heteroatoms. The van der Waals surface area contributed by atoms with Crippen LogP contribution in [0.15, 0.2) is 35.7 Å². The minimum absolute atomic E-state index is 0.432. The highest BCUT2D eigenvalue weighted by Gasteiger charge is 2.22. The van der Waals surface area contributed by atoms with Gasteiger partial charge in [0.1, 0.15) is 0 Å². The number of nitrogens with zero attached hydrogens (tertiary/aromatic N) is 1. The van der Waals surface area contributed by atoms with Gasteiger partial charge in [-0.3, -0.25) is 4.90 Å². The number of hydrogen-bond donors (Lipinski definition) is 1. The van der Waals surface area contributed by atoms with E-state index in [0.29, 0.717) is 6.04 Å². The molecule has 0 amide bonds. The molecule has 3 rings (SSSR count). The fourth-order valence-electron chi connectivity index (χ4n) is 2.63. The molecule has 1 unspecified atom stereocenters. The number of rotatable bonds is 2. The van der Waals surface area contributed by atoms with Gasteiger partial charge in [0.25, 0.3) is 0 Å². The van der Waals surface area contributed by atoms with Crippen molar-refractivity contribution in [3.8, 4) is 0 Å². The van der Waals surface area contributed by atoms with Gasteiger partial charge in [-0.2, -0.15) is 0 Å². The van der Waals surface area contributed by atoms with Crippen molar-refractivity contribution in [3.05, 3.63) is 51.7 Å². The van der Waals surface area contributed by atoms with Crippen LogP contribution in [0.4, 0.5) is 5.69 Å². The monoisotopic (exact) mass is 258 g/mol. The fraction of sp³-hybridized carbons (Fsp3) is 0.333. The van der Waals surface area contributed by atoms with Crippen molar-refractivity contribution < 1.29 is 0 Å². The van der Waals surface area contributed by atoms with Crippen LogP contribution in [0.25, 0.3) is 0 Å². The van der Waals surface area contributed by atoms with E-state index in [0.717, 1.165) is 18.8 Å². The Morgan fingerprint density at radius 3 is 3.06 bits per heavy atom. The summed E-state index contributed by atoms with van der Waals surface area (Å²) in [6.07, 6.45) is 1.18. The summed E-state index contributed by atoms with van der Waals surface area (Å²) in [5.41, 5.74) is 9.54. The van der Waals surface area contributed by atoms with Crippen LogP contribution in [0.5, 0.6) is 0 Å². The maximum Gasteiger partial charge on any atom is 0.0324 e. The number of thiophene rings is 1. The van der Waals surface area contributed by atoms with Crippen molar-refractivity contribution in [1.82, 2.24) is 4.90 Å². The summed E-state index contributed by atoms with van der Waals surface area (Å²) >= 11 is 1.89. The van der Waals surface area contributed by atoms with E-state index in [9.17, 15) is 0 Å². The first-order valence-corrected chi connectivity index (χ1v) is 7.27. The SMILES string of the molecule is CC(c1cccc(N)c1)N1CCc2sccc2C1. The standard InChI is InChI=1S/C15H18N2S/c1-11(12-3-2-4-14(16)9-12)17-7-5-15-13(10-17)6-8-18-15/h2-4,6,8-9,11H,5,7,10,16H2,1H3. The highest BCUT2D eigenvalue weighted by molar-refractivity contribution is 7.10. The van der Waals surface area contributed by atoms with Crippen LogP contribution in [-0.2, 0) is 13.0 Å². The molecule has 2 nitrogen and oxygen atoms in total. The molecule has 1 aliphatic rings. The fourth-order valence-corrected chi connectivity index (χ4v) is 3.52. The first-order chi connectivity index (χ1) is 8.74. The van der Waals surface area contributed by atoms with Crippen LogP contribution < -0.4 is 5.73 Å². The van der Waals surface area contributed by atoms with Crippen molar-refractivity contribution in [2.45, 2.75) is 25.9 Å². The van der Waals surface area contributed by atoms with Gasteiger partial charge >= 0.3 is 0 Å². The predicted octanol–water partition coefficient (Wildman–Crippen LogP) is 3.45. The lowest BCUT2D eigenvalue weighted by Crippen LogP contribution is -2.32. The first kappa shape index (κ1) is 11.8. The Morgan fingerprint density at radius 2 is 2.22 bits per heavy atom. The van der Waals surface area contributed by atoms with Crippen LogP contribution in [-0.4, -0.2) is 11.4 Å². The lowest BCUT2D eigenvalue weighted by molar-refractivity contribution is 0.193. The van der Waals surface area contributed by atoms with Gasteiger partial charge in [0.2, 0.25) is 0 Å². The van der Waals surface area contributed by atoms with Gasteiger partial charge in [-0.25, -0.2) is 0 Å². The number of anilines is 1. The zero-order valence-electron chi connectivity index (χ0n) is 10.6. The molecule has 0 bridgehead atoms. The lowest BCUT2D eigenvalue weighted by atomic mass is 10.0. The topological polar surface area (TPSA) is 29.3 Å². The largest absolute Gasteiger partial charge is 0.399 e. The Labute approximate surface area is 112 Å². The lowest BCUT2D eigenvalue weighted by Gasteiger charge is -2.32. The average molecular weight is 258 g/mol. The van der Waals surface area contributed by atoms with Gasteiger partial charge < -0.3 is 5.73 Å². The number of hydrogen-bond acceptors (Lipinski definition) is 3. The van der Waals surface area contributed by atoms with E-state index < -0.39 is 0 Å². The van der Waals surface area contributed by atoms with Crippen molar-refractivity contribution in [2.75, 3.05) is 12.3 Å². The zero-order valence-corrected chi connectivity index (χ0v) is 11.4. The second-order valence-corrected chi connectivity index (χ2v) is 5.94. The second-order valence-electron chi connectivity index (χ2n) is 4.94. The Bertz CT molecular complexity index is 547. The smallest absolute Gasteiger partial charge is 0.0324 e. The molecule has 1 aromatic carbocycles. The Morgan fingerprint density at radius 1 is 1.33 bits per heavy atom. The van der Waals surface area contributed by atoms with Gasteiger partial charge in [-0.05, 0) is 48.1 Å². The number of fused-ring (bicyclic) bond motifs is 1. The average Bonchev–Trinajstić information content (AvgIpc) is 2.85. The molecule has 0 fully saturated rings. The summed E-state index contributed by atoms with van der Waals surface area (Å²) in [7, 11) is 0. The molecular formula is C15H18N2S. The number of nitrogens with two attached hydrogens (primary N) is 1. The molecule has 94 valence electrons. The molecule has 0 saturated carbocycles. The van der Waals surface area contributed by atoms with Crippen LogP contribution in [0, 0.1) is 0 Å². The Kier molecular flexibility index (Phi) is 3.10. The predicted molar refractivity (Wildman–Crippen MR) is 77.7 cm³/mol. The first-order valence-electron chi connectivity index (χ1n) is 6.39. The van der Waals surface area contributed by atoms with Crippen molar-refractivity contribution >= 4 is 17.0 Å². The summed E-state index contributed by atoms with van der Waals surface area (Å²) in [4.78, 5) is 4.09. The van der Waals surface area contributed by atoms with Gasteiger partial charge in [0.05, 0.1) is 0 Å². The quantitative estimate of drug-likeness (QED) is 0.836. The number of benzene rings is 1. The highest BCUT2D eigenvalue weighted by atomic mass is 32.1. The Hall–Kier alpha value is -1.32. The molecular weight excluding hydrogens is 240 g/mol. The summed E-state index contributed by atoms with van der Waals surface area (Å²) in [5, 5.41) is 2.21. The summed E-state index contributed by atoms with van der Waals surface area (Å²) < 4.78 is 0. The molecule has 0 saturated heterocycles. The van der Waals surface area contributed by atoms with E-state index in [4.69, 9.17) is 5.73 Å². The van der Waals surface area contributed by atoms with Crippen molar-refractivity contribution in [3.63, 3.8) is 0 Å². The zero-order chi connectivity index (χ0) is 12.5. The van der Waals surface area contributed by atoms with E-state index in [2.05, 4.69) is 35.4 Å². The summed E-state index contributed by atoms with van der Waals surface area (Å²) in [5.74, 6) is 0. The molecule has 1 atom stereocenters. The van der Waals surface area contributed by atoms with Gasteiger partial charge in [-0.15, -0.1) is 11.3 Å². The van der Waals surface area contributed by atoms with E-state index in [-0.39, 0.29) is 0 Å². The molecule has 2 N–H and O–H groups in total.